The van der Waals surface area contributed by atoms with Crippen LogP contribution in [0.3, 0.4) is 0 Å². The Bertz CT molecular complexity index is 429. The van der Waals surface area contributed by atoms with Crippen molar-refractivity contribution in [2.45, 2.75) is 13.8 Å². The van der Waals surface area contributed by atoms with E-state index in [0.717, 1.165) is 3.57 Å². The first-order valence-corrected chi connectivity index (χ1v) is 5.73. The molecule has 0 saturated carbocycles. The molecule has 0 atom stereocenters. The molecule has 0 spiro atoms. The Morgan fingerprint density at radius 1 is 1.31 bits per heavy atom. The molecule has 0 aliphatic carbocycles. The summed E-state index contributed by atoms with van der Waals surface area (Å²) in [6.07, 6.45) is 0. The molecule has 0 unspecified atom stereocenters. The lowest BCUT2D eigenvalue weighted by Gasteiger charge is -2.18. The van der Waals surface area contributed by atoms with Crippen LogP contribution in [-0.2, 0) is 9.59 Å². The molecule has 2 N–H and O–H groups in total. The summed E-state index contributed by atoms with van der Waals surface area (Å²) in [4.78, 5) is 22.6. The molecule has 1 amide bonds. The monoisotopic (exact) mass is 333 g/mol. The van der Waals surface area contributed by atoms with E-state index in [0.29, 0.717) is 5.69 Å². The van der Waals surface area contributed by atoms with E-state index in [1.165, 1.54) is 13.8 Å². The minimum absolute atomic E-state index is 0.524. The molecule has 1 aromatic carbocycles. The van der Waals surface area contributed by atoms with Crippen LogP contribution in [0.2, 0.25) is 0 Å². The highest BCUT2D eigenvalue weighted by atomic mass is 127. The van der Waals surface area contributed by atoms with Crippen LogP contribution >= 0.6 is 22.6 Å². The highest BCUT2D eigenvalue weighted by Gasteiger charge is 2.36. The average Bonchev–Trinajstić information content (AvgIpc) is 2.21. The molecule has 0 fully saturated rings. The lowest BCUT2D eigenvalue weighted by molar-refractivity contribution is -0.151. The van der Waals surface area contributed by atoms with Crippen molar-refractivity contribution >= 4 is 40.2 Å². The second-order valence-corrected chi connectivity index (χ2v) is 5.03. The van der Waals surface area contributed by atoms with E-state index in [1.54, 1.807) is 12.1 Å². The lowest BCUT2D eigenvalue weighted by Crippen LogP contribution is -2.38. The van der Waals surface area contributed by atoms with Gasteiger partial charge in [-0.15, -0.1) is 0 Å². The molecule has 0 aliphatic rings. The quantitative estimate of drug-likeness (QED) is 0.659. The molecular weight excluding hydrogens is 321 g/mol. The largest absolute Gasteiger partial charge is 0.480 e. The van der Waals surface area contributed by atoms with Gasteiger partial charge in [-0.3, -0.25) is 9.59 Å². The summed E-state index contributed by atoms with van der Waals surface area (Å²) in [6, 6.07) is 7.20. The molecule has 0 saturated heterocycles. The highest BCUT2D eigenvalue weighted by molar-refractivity contribution is 14.1. The van der Waals surface area contributed by atoms with E-state index in [2.05, 4.69) is 27.9 Å². The summed E-state index contributed by atoms with van der Waals surface area (Å²) in [6.45, 7) is 2.75. The van der Waals surface area contributed by atoms with Crippen molar-refractivity contribution < 1.29 is 14.7 Å². The minimum Gasteiger partial charge on any atom is -0.480 e. The predicted molar refractivity (Wildman–Crippen MR) is 69.2 cm³/mol. The average molecular weight is 333 g/mol. The van der Waals surface area contributed by atoms with Gasteiger partial charge in [-0.2, -0.15) is 0 Å². The lowest BCUT2D eigenvalue weighted by atomic mass is 9.92. The third kappa shape index (κ3) is 2.72. The number of rotatable bonds is 3. The third-order valence-electron chi connectivity index (χ3n) is 2.22. The van der Waals surface area contributed by atoms with Gasteiger partial charge >= 0.3 is 5.97 Å². The minimum atomic E-state index is -1.43. The summed E-state index contributed by atoms with van der Waals surface area (Å²) in [5.41, 5.74) is -0.804. The van der Waals surface area contributed by atoms with E-state index in [9.17, 15) is 9.59 Å². The Kier molecular flexibility index (Phi) is 3.90. The number of hydrogen-bond acceptors (Lipinski definition) is 2. The number of aliphatic carboxylic acids is 1. The van der Waals surface area contributed by atoms with Crippen LogP contribution in [0, 0.1) is 8.99 Å². The van der Waals surface area contributed by atoms with E-state index in [1.807, 2.05) is 12.1 Å². The predicted octanol–water partition coefficient (Wildman–Crippen LogP) is 2.34. The molecule has 0 aromatic heterocycles. The number of amides is 1. The number of carbonyl (C=O) groups is 2. The maximum Gasteiger partial charge on any atom is 0.318 e. The fourth-order valence-corrected chi connectivity index (χ4v) is 1.46. The van der Waals surface area contributed by atoms with Crippen molar-refractivity contribution in [3.05, 3.63) is 27.8 Å². The topological polar surface area (TPSA) is 66.4 Å². The van der Waals surface area contributed by atoms with Crippen molar-refractivity contribution in [1.29, 1.82) is 0 Å². The smallest absolute Gasteiger partial charge is 0.318 e. The van der Waals surface area contributed by atoms with E-state index < -0.39 is 17.3 Å². The number of halogens is 1. The van der Waals surface area contributed by atoms with Gasteiger partial charge in [-0.1, -0.05) is 12.1 Å². The van der Waals surface area contributed by atoms with Gasteiger partial charge in [-0.25, -0.2) is 0 Å². The summed E-state index contributed by atoms with van der Waals surface area (Å²) < 4.78 is 0.870. The summed E-state index contributed by atoms with van der Waals surface area (Å²) >= 11 is 2.08. The van der Waals surface area contributed by atoms with Crippen LogP contribution in [0.4, 0.5) is 5.69 Å². The van der Waals surface area contributed by atoms with Gasteiger partial charge in [0.1, 0.15) is 5.41 Å². The normalized spacial score (nSPS) is 10.9. The molecule has 0 heterocycles. The number of carboxylic acid groups (broad SMARTS) is 1. The fourth-order valence-electron chi connectivity index (χ4n) is 0.938. The van der Waals surface area contributed by atoms with Crippen molar-refractivity contribution in [3.8, 4) is 0 Å². The Labute approximate surface area is 107 Å². The number of nitrogens with one attached hydrogen (secondary N) is 1. The standard InChI is InChI=1S/C11H12INO3/c1-11(2,10(15)16)9(14)13-8-6-4-3-5-7(8)12/h3-6H,1-2H3,(H,13,14)(H,15,16). The van der Waals surface area contributed by atoms with Gasteiger partial charge in [-0.05, 0) is 48.6 Å². The molecule has 5 heteroatoms. The van der Waals surface area contributed by atoms with Crippen LogP contribution in [0.1, 0.15) is 13.8 Å². The van der Waals surface area contributed by atoms with Crippen LogP contribution in [0.5, 0.6) is 0 Å². The molecule has 0 aliphatic heterocycles. The number of hydrogen-bond donors (Lipinski definition) is 2. The van der Waals surface area contributed by atoms with Crippen molar-refractivity contribution in [2.75, 3.05) is 5.32 Å². The second-order valence-electron chi connectivity index (χ2n) is 3.86. The van der Waals surface area contributed by atoms with Gasteiger partial charge in [0.05, 0.1) is 5.69 Å². The van der Waals surface area contributed by atoms with Crippen molar-refractivity contribution in [1.82, 2.24) is 0 Å². The second kappa shape index (κ2) is 4.82. The van der Waals surface area contributed by atoms with Gasteiger partial charge in [0, 0.05) is 3.57 Å². The SMILES string of the molecule is CC(C)(C(=O)O)C(=O)Nc1ccccc1I. The van der Waals surface area contributed by atoms with Crippen LogP contribution < -0.4 is 5.32 Å². The van der Waals surface area contributed by atoms with Gasteiger partial charge in [0.2, 0.25) is 5.91 Å². The molecular formula is C11H12INO3. The van der Waals surface area contributed by atoms with Crippen LogP contribution in [0.15, 0.2) is 24.3 Å². The Morgan fingerprint density at radius 2 is 1.88 bits per heavy atom. The van der Waals surface area contributed by atoms with Crippen molar-refractivity contribution in [2.24, 2.45) is 5.41 Å². The van der Waals surface area contributed by atoms with Gasteiger partial charge in [0.15, 0.2) is 0 Å². The fraction of sp³-hybridized carbons (Fsp3) is 0.273. The van der Waals surface area contributed by atoms with Gasteiger partial charge in [0.25, 0.3) is 0 Å². The maximum absolute atomic E-state index is 11.7. The first kappa shape index (κ1) is 13.0. The van der Waals surface area contributed by atoms with Crippen LogP contribution in [-0.4, -0.2) is 17.0 Å². The van der Waals surface area contributed by atoms with E-state index in [4.69, 9.17) is 5.11 Å². The molecule has 0 radical (unpaired) electrons. The zero-order valence-corrected chi connectivity index (χ0v) is 11.1. The molecule has 4 nitrogen and oxygen atoms in total. The third-order valence-corrected chi connectivity index (χ3v) is 3.17. The summed E-state index contributed by atoms with van der Waals surface area (Å²) in [7, 11) is 0. The first-order valence-electron chi connectivity index (χ1n) is 4.65. The Balaban J connectivity index is 2.88. The number of benzene rings is 1. The summed E-state index contributed by atoms with van der Waals surface area (Å²) in [5, 5.41) is 11.5. The number of carbonyl (C=O) groups excluding carboxylic acids is 1. The van der Waals surface area contributed by atoms with E-state index >= 15 is 0 Å². The van der Waals surface area contributed by atoms with Gasteiger partial charge < -0.3 is 10.4 Å². The zero-order chi connectivity index (χ0) is 12.3. The highest BCUT2D eigenvalue weighted by Crippen LogP contribution is 2.22. The molecule has 16 heavy (non-hydrogen) atoms. The number of para-hydroxylation sites is 1. The number of carboxylic acids is 1. The van der Waals surface area contributed by atoms with Crippen LogP contribution in [0.25, 0.3) is 0 Å². The molecule has 0 bridgehead atoms. The Morgan fingerprint density at radius 3 is 2.38 bits per heavy atom. The molecule has 1 aromatic rings. The first-order chi connectivity index (χ1) is 7.35. The Hall–Kier alpha value is -1.11. The van der Waals surface area contributed by atoms with Crippen molar-refractivity contribution in [3.63, 3.8) is 0 Å². The maximum atomic E-state index is 11.7. The number of anilines is 1. The summed E-state index contributed by atoms with van der Waals surface area (Å²) in [5.74, 6) is -1.67. The van der Waals surface area contributed by atoms with E-state index in [-0.39, 0.29) is 0 Å². The molecule has 1 rings (SSSR count). The zero-order valence-electron chi connectivity index (χ0n) is 8.95. The molecule has 86 valence electrons.